The van der Waals surface area contributed by atoms with Gasteiger partial charge in [-0.3, -0.25) is 4.79 Å². The summed E-state index contributed by atoms with van der Waals surface area (Å²) in [5.41, 5.74) is 0.564. The van der Waals surface area contributed by atoms with Gasteiger partial charge >= 0.3 is 0 Å². The number of benzene rings is 1. The van der Waals surface area contributed by atoms with Gasteiger partial charge in [0.05, 0.1) is 25.0 Å². The second-order valence-corrected chi connectivity index (χ2v) is 4.89. The maximum absolute atomic E-state index is 12.5. The fraction of sp³-hybridized carbons (Fsp3) is 0.294. The van der Waals surface area contributed by atoms with E-state index in [4.69, 9.17) is 20.0 Å². The standard InChI is InChI=1S/C17H14N4O3/c18-5-1-7-21(8-2-6-19)17(22)14(11-20)9-13-3-4-15-16(10-13)24-12-23-15/h3-4,9-10H,1-2,7-8,12H2/b14-9+. The largest absolute Gasteiger partial charge is 0.454 e. The molecule has 24 heavy (non-hydrogen) atoms. The minimum atomic E-state index is -0.499. The Morgan fingerprint density at radius 2 is 1.79 bits per heavy atom. The number of nitriles is 3. The Balaban J connectivity index is 2.21. The third kappa shape index (κ3) is 4.03. The van der Waals surface area contributed by atoms with Gasteiger partial charge in [0.2, 0.25) is 6.79 Å². The molecule has 1 heterocycles. The lowest BCUT2D eigenvalue weighted by Gasteiger charge is -2.19. The van der Waals surface area contributed by atoms with E-state index in [1.54, 1.807) is 18.2 Å². The molecular formula is C17H14N4O3. The van der Waals surface area contributed by atoms with Gasteiger partial charge in [-0.1, -0.05) is 6.07 Å². The normalized spacial score (nSPS) is 12.0. The van der Waals surface area contributed by atoms with E-state index in [0.717, 1.165) is 0 Å². The van der Waals surface area contributed by atoms with Crippen LogP contribution in [0.1, 0.15) is 18.4 Å². The van der Waals surface area contributed by atoms with Crippen LogP contribution in [0.25, 0.3) is 6.08 Å². The number of rotatable bonds is 6. The van der Waals surface area contributed by atoms with Crippen molar-refractivity contribution < 1.29 is 14.3 Å². The number of hydrogen-bond acceptors (Lipinski definition) is 6. The van der Waals surface area contributed by atoms with E-state index >= 15 is 0 Å². The van der Waals surface area contributed by atoms with Crippen LogP contribution in [0, 0.1) is 34.0 Å². The Kier molecular flexibility index (Phi) is 5.77. The highest BCUT2D eigenvalue weighted by Gasteiger charge is 2.19. The van der Waals surface area contributed by atoms with Gasteiger partial charge in [0.25, 0.3) is 5.91 Å². The third-order valence-corrected chi connectivity index (χ3v) is 3.33. The second-order valence-electron chi connectivity index (χ2n) is 4.89. The molecule has 1 aliphatic rings. The molecule has 1 amide bonds. The Morgan fingerprint density at radius 3 is 2.42 bits per heavy atom. The highest BCUT2D eigenvalue weighted by atomic mass is 16.7. The average Bonchev–Trinajstić information content (AvgIpc) is 3.07. The number of fused-ring (bicyclic) bond motifs is 1. The lowest BCUT2D eigenvalue weighted by Crippen LogP contribution is -2.33. The van der Waals surface area contributed by atoms with Crippen LogP contribution in [0.5, 0.6) is 11.5 Å². The van der Waals surface area contributed by atoms with E-state index in [9.17, 15) is 10.1 Å². The average molecular weight is 322 g/mol. The summed E-state index contributed by atoms with van der Waals surface area (Å²) in [7, 11) is 0. The first kappa shape index (κ1) is 16.9. The predicted octanol–water partition coefficient (Wildman–Crippen LogP) is 1.98. The monoisotopic (exact) mass is 322 g/mol. The quantitative estimate of drug-likeness (QED) is 0.585. The fourth-order valence-electron chi connectivity index (χ4n) is 2.17. The third-order valence-electron chi connectivity index (χ3n) is 3.33. The van der Waals surface area contributed by atoms with Crippen LogP contribution in [0.3, 0.4) is 0 Å². The van der Waals surface area contributed by atoms with Crippen molar-refractivity contribution in [2.24, 2.45) is 0 Å². The van der Waals surface area contributed by atoms with Crippen molar-refractivity contribution in [1.29, 1.82) is 15.8 Å². The van der Waals surface area contributed by atoms with Gasteiger partial charge in [-0.05, 0) is 23.8 Å². The summed E-state index contributed by atoms with van der Waals surface area (Å²) < 4.78 is 10.5. The molecule has 1 aromatic carbocycles. The van der Waals surface area contributed by atoms with E-state index < -0.39 is 5.91 Å². The van der Waals surface area contributed by atoms with Crippen molar-refractivity contribution in [2.45, 2.75) is 12.8 Å². The molecular weight excluding hydrogens is 308 g/mol. The van der Waals surface area contributed by atoms with E-state index in [1.165, 1.54) is 11.0 Å². The van der Waals surface area contributed by atoms with E-state index in [0.29, 0.717) is 17.1 Å². The van der Waals surface area contributed by atoms with Crippen molar-refractivity contribution in [2.75, 3.05) is 19.9 Å². The number of carbonyl (C=O) groups excluding carboxylic acids is 1. The highest BCUT2D eigenvalue weighted by molar-refractivity contribution is 6.01. The Hall–Kier alpha value is -3.50. The molecule has 0 unspecified atom stereocenters. The van der Waals surface area contributed by atoms with Crippen molar-refractivity contribution in [3.05, 3.63) is 29.3 Å². The zero-order chi connectivity index (χ0) is 17.4. The first-order chi connectivity index (χ1) is 11.7. The molecule has 0 fully saturated rings. The van der Waals surface area contributed by atoms with Crippen LogP contribution in [0.2, 0.25) is 0 Å². The summed E-state index contributed by atoms with van der Waals surface area (Å²) in [5, 5.41) is 26.7. The smallest absolute Gasteiger partial charge is 0.264 e. The Labute approximate surface area is 139 Å². The molecule has 0 N–H and O–H groups in total. The maximum Gasteiger partial charge on any atom is 0.264 e. The first-order valence-electron chi connectivity index (χ1n) is 7.24. The van der Waals surface area contributed by atoms with Crippen LogP contribution < -0.4 is 9.47 Å². The van der Waals surface area contributed by atoms with E-state index in [1.807, 2.05) is 18.2 Å². The molecule has 0 bridgehead atoms. The molecule has 0 aromatic heterocycles. The molecule has 7 heteroatoms. The molecule has 1 aliphatic heterocycles. The number of ether oxygens (including phenoxy) is 2. The molecule has 0 saturated heterocycles. The molecule has 7 nitrogen and oxygen atoms in total. The first-order valence-corrected chi connectivity index (χ1v) is 7.24. The summed E-state index contributed by atoms with van der Waals surface area (Å²) in [6.07, 6.45) is 1.73. The van der Waals surface area contributed by atoms with Crippen LogP contribution in [0.15, 0.2) is 23.8 Å². The van der Waals surface area contributed by atoms with Crippen molar-refractivity contribution in [1.82, 2.24) is 4.90 Å². The minimum absolute atomic E-state index is 0.0651. The maximum atomic E-state index is 12.5. The summed E-state index contributed by atoms with van der Waals surface area (Å²) >= 11 is 0. The summed E-state index contributed by atoms with van der Waals surface area (Å²) in [4.78, 5) is 13.8. The number of hydrogen-bond donors (Lipinski definition) is 0. The molecule has 120 valence electrons. The van der Waals surface area contributed by atoms with Gasteiger partial charge in [-0.25, -0.2) is 0 Å². The molecule has 0 spiro atoms. The van der Waals surface area contributed by atoms with Crippen molar-refractivity contribution >= 4 is 12.0 Å². The minimum Gasteiger partial charge on any atom is -0.454 e. The lowest BCUT2D eigenvalue weighted by molar-refractivity contribution is -0.126. The van der Waals surface area contributed by atoms with Crippen LogP contribution in [-0.2, 0) is 4.79 Å². The zero-order valence-corrected chi connectivity index (χ0v) is 12.9. The van der Waals surface area contributed by atoms with Crippen LogP contribution in [-0.4, -0.2) is 30.7 Å². The van der Waals surface area contributed by atoms with Crippen LogP contribution >= 0.6 is 0 Å². The van der Waals surface area contributed by atoms with Crippen molar-refractivity contribution in [3.63, 3.8) is 0 Å². The number of amides is 1. The molecule has 0 aliphatic carbocycles. The van der Waals surface area contributed by atoms with Gasteiger partial charge in [-0.2, -0.15) is 15.8 Å². The van der Waals surface area contributed by atoms with Crippen molar-refractivity contribution in [3.8, 4) is 29.7 Å². The lowest BCUT2D eigenvalue weighted by atomic mass is 10.1. The fourth-order valence-corrected chi connectivity index (χ4v) is 2.17. The van der Waals surface area contributed by atoms with Gasteiger partial charge < -0.3 is 14.4 Å². The molecule has 0 saturated carbocycles. The predicted molar refractivity (Wildman–Crippen MR) is 83.2 cm³/mol. The van der Waals surface area contributed by atoms with Gasteiger partial charge in [0, 0.05) is 13.1 Å². The van der Waals surface area contributed by atoms with E-state index in [-0.39, 0.29) is 38.3 Å². The van der Waals surface area contributed by atoms with Gasteiger partial charge in [-0.15, -0.1) is 0 Å². The van der Waals surface area contributed by atoms with Gasteiger partial charge in [0.1, 0.15) is 11.6 Å². The summed E-state index contributed by atoms with van der Waals surface area (Å²) in [6.45, 7) is 0.497. The summed E-state index contributed by atoms with van der Waals surface area (Å²) in [6, 6.07) is 10.9. The topological polar surface area (TPSA) is 110 Å². The Morgan fingerprint density at radius 1 is 1.12 bits per heavy atom. The number of carbonyl (C=O) groups is 1. The zero-order valence-electron chi connectivity index (χ0n) is 12.9. The van der Waals surface area contributed by atoms with Crippen LogP contribution in [0.4, 0.5) is 0 Å². The SMILES string of the molecule is N#CCCN(CCC#N)C(=O)/C(C#N)=C/c1ccc2c(c1)OCO2. The number of nitrogens with zero attached hydrogens (tertiary/aromatic N) is 4. The summed E-state index contributed by atoms with van der Waals surface area (Å²) in [5.74, 6) is 0.668. The molecule has 2 rings (SSSR count). The molecule has 1 aromatic rings. The Bertz CT molecular complexity index is 762. The van der Waals surface area contributed by atoms with E-state index in [2.05, 4.69) is 0 Å². The second kappa shape index (κ2) is 8.22. The molecule has 0 atom stereocenters. The molecule has 0 radical (unpaired) electrons. The van der Waals surface area contributed by atoms with Gasteiger partial charge in [0.15, 0.2) is 11.5 Å². The highest BCUT2D eigenvalue weighted by Crippen LogP contribution is 2.33.